The van der Waals surface area contributed by atoms with Crippen LogP contribution in [0.1, 0.15) is 23.1 Å². The first-order valence-corrected chi connectivity index (χ1v) is 8.51. The molecule has 0 saturated heterocycles. The summed E-state index contributed by atoms with van der Waals surface area (Å²) in [5, 5.41) is 17.7. The molecule has 0 radical (unpaired) electrons. The predicted octanol–water partition coefficient (Wildman–Crippen LogP) is 1.53. The highest BCUT2D eigenvalue weighted by Gasteiger charge is 2.14. The monoisotopic (exact) mass is 313 g/mol. The van der Waals surface area contributed by atoms with Gasteiger partial charge in [0, 0.05) is 0 Å². The number of anilines is 1. The third-order valence-corrected chi connectivity index (χ3v) is 4.90. The number of aryl methyl sites for hydroxylation is 1. The second-order valence-corrected chi connectivity index (χ2v) is 6.97. The Morgan fingerprint density at radius 2 is 1.85 bits per heavy atom. The summed E-state index contributed by atoms with van der Waals surface area (Å²) in [5.74, 6) is -0.139. The summed E-state index contributed by atoms with van der Waals surface area (Å²) < 4.78 is 26.4. The van der Waals surface area contributed by atoms with Crippen molar-refractivity contribution in [1.82, 2.24) is 10.2 Å². The number of nitrogens with one attached hydrogen (secondary N) is 1. The van der Waals surface area contributed by atoms with E-state index in [0.717, 1.165) is 17.0 Å². The Labute approximate surface area is 121 Å². The summed E-state index contributed by atoms with van der Waals surface area (Å²) in [5.41, 5.74) is 1.39. The number of benzene rings is 1. The summed E-state index contributed by atoms with van der Waals surface area (Å²) in [7, 11) is -3.51. The molecule has 1 heterocycles. The molecule has 0 unspecified atom stereocenters. The Balaban J connectivity index is 2.06. The minimum absolute atomic E-state index is 0.0597. The molecule has 20 heavy (non-hydrogen) atoms. The molecule has 0 fully saturated rings. The first-order chi connectivity index (χ1) is 9.52. The standard InChI is InChI=1S/C12H15N3O3S2/c1-2-11-13-14-12(19-11)15-20(17,18)8-10-5-3-9(7-16)4-6-10/h3-6,16H,2,7-8H2,1H3,(H,14,15). The number of hydrogen-bond acceptors (Lipinski definition) is 6. The molecule has 6 nitrogen and oxygen atoms in total. The largest absolute Gasteiger partial charge is 0.392 e. The third kappa shape index (κ3) is 3.99. The molecule has 1 aromatic heterocycles. The summed E-state index contributed by atoms with van der Waals surface area (Å²) in [6.07, 6.45) is 0.724. The number of sulfonamides is 1. The van der Waals surface area contributed by atoms with E-state index in [4.69, 9.17) is 5.11 Å². The Morgan fingerprint density at radius 1 is 1.20 bits per heavy atom. The Morgan fingerprint density at radius 3 is 2.40 bits per heavy atom. The van der Waals surface area contributed by atoms with Crippen molar-refractivity contribution >= 4 is 26.5 Å². The van der Waals surface area contributed by atoms with Gasteiger partial charge in [-0.3, -0.25) is 4.72 Å². The van der Waals surface area contributed by atoms with Gasteiger partial charge >= 0.3 is 0 Å². The Bertz CT molecular complexity index is 666. The quantitative estimate of drug-likeness (QED) is 0.844. The zero-order chi connectivity index (χ0) is 14.6. The average molecular weight is 313 g/mol. The minimum Gasteiger partial charge on any atom is -0.392 e. The Kier molecular flexibility index (Phi) is 4.69. The van der Waals surface area contributed by atoms with E-state index < -0.39 is 10.0 Å². The highest BCUT2D eigenvalue weighted by atomic mass is 32.2. The van der Waals surface area contributed by atoms with Crippen LogP contribution in [-0.4, -0.2) is 23.7 Å². The van der Waals surface area contributed by atoms with Crippen LogP contribution in [0, 0.1) is 0 Å². The van der Waals surface area contributed by atoms with Crippen LogP contribution < -0.4 is 4.72 Å². The number of aliphatic hydroxyl groups excluding tert-OH is 1. The van der Waals surface area contributed by atoms with Gasteiger partial charge in [0.1, 0.15) is 5.01 Å². The minimum atomic E-state index is -3.51. The van der Waals surface area contributed by atoms with Crippen molar-refractivity contribution in [3.63, 3.8) is 0 Å². The molecule has 8 heteroatoms. The van der Waals surface area contributed by atoms with Gasteiger partial charge in [-0.05, 0) is 17.5 Å². The van der Waals surface area contributed by atoms with Crippen molar-refractivity contribution < 1.29 is 13.5 Å². The third-order valence-electron chi connectivity index (χ3n) is 2.57. The lowest BCUT2D eigenvalue weighted by atomic mass is 10.2. The lowest BCUT2D eigenvalue weighted by Gasteiger charge is -2.05. The van der Waals surface area contributed by atoms with Crippen molar-refractivity contribution in [2.24, 2.45) is 0 Å². The molecule has 0 atom stereocenters. The zero-order valence-corrected chi connectivity index (χ0v) is 12.5. The van der Waals surface area contributed by atoms with Gasteiger partial charge in [-0.1, -0.05) is 42.5 Å². The first kappa shape index (κ1) is 14.9. The zero-order valence-electron chi connectivity index (χ0n) is 10.9. The number of aromatic nitrogens is 2. The maximum Gasteiger partial charge on any atom is 0.238 e. The van der Waals surface area contributed by atoms with E-state index in [0.29, 0.717) is 5.56 Å². The van der Waals surface area contributed by atoms with E-state index in [2.05, 4.69) is 14.9 Å². The van der Waals surface area contributed by atoms with Crippen molar-refractivity contribution in [3.05, 3.63) is 40.4 Å². The predicted molar refractivity (Wildman–Crippen MR) is 77.9 cm³/mol. The number of hydrogen-bond donors (Lipinski definition) is 2. The van der Waals surface area contributed by atoms with Crippen molar-refractivity contribution in [2.45, 2.75) is 25.7 Å². The smallest absolute Gasteiger partial charge is 0.238 e. The molecule has 1 aromatic carbocycles. The lowest BCUT2D eigenvalue weighted by molar-refractivity contribution is 0.282. The van der Waals surface area contributed by atoms with Crippen LogP contribution in [0.25, 0.3) is 0 Å². The van der Waals surface area contributed by atoms with E-state index in [1.165, 1.54) is 11.3 Å². The highest BCUT2D eigenvalue weighted by Crippen LogP contribution is 2.18. The second-order valence-electron chi connectivity index (χ2n) is 4.19. The summed E-state index contributed by atoms with van der Waals surface area (Å²) in [4.78, 5) is 0. The van der Waals surface area contributed by atoms with Crippen LogP contribution in [0.15, 0.2) is 24.3 Å². The summed E-state index contributed by atoms with van der Waals surface area (Å²) >= 11 is 1.23. The lowest BCUT2D eigenvalue weighted by Crippen LogP contribution is -2.15. The fraction of sp³-hybridized carbons (Fsp3) is 0.333. The van der Waals surface area contributed by atoms with Gasteiger partial charge in [0.15, 0.2) is 0 Å². The topological polar surface area (TPSA) is 92.2 Å². The molecule has 2 N–H and O–H groups in total. The molecular weight excluding hydrogens is 298 g/mol. The molecule has 0 amide bonds. The summed E-state index contributed by atoms with van der Waals surface area (Å²) in [6.45, 7) is 1.87. The van der Waals surface area contributed by atoms with E-state index in [-0.39, 0.29) is 17.5 Å². The van der Waals surface area contributed by atoms with Gasteiger partial charge in [-0.15, -0.1) is 10.2 Å². The number of rotatable bonds is 6. The fourth-order valence-electron chi connectivity index (χ4n) is 1.57. The summed E-state index contributed by atoms with van der Waals surface area (Å²) in [6, 6.07) is 6.76. The molecular formula is C12H15N3O3S2. The normalized spacial score (nSPS) is 11.5. The van der Waals surface area contributed by atoms with Gasteiger partial charge < -0.3 is 5.11 Å². The van der Waals surface area contributed by atoms with Gasteiger partial charge in [0.05, 0.1) is 12.4 Å². The molecule has 0 aliphatic carbocycles. The van der Waals surface area contributed by atoms with E-state index in [9.17, 15) is 8.42 Å². The van der Waals surface area contributed by atoms with Crippen LogP contribution >= 0.6 is 11.3 Å². The van der Waals surface area contributed by atoms with Crippen LogP contribution in [0.2, 0.25) is 0 Å². The van der Waals surface area contributed by atoms with E-state index in [1.54, 1.807) is 24.3 Å². The number of nitrogens with zero attached hydrogens (tertiary/aromatic N) is 2. The average Bonchev–Trinajstić information content (AvgIpc) is 2.86. The van der Waals surface area contributed by atoms with Gasteiger partial charge in [-0.25, -0.2) is 8.42 Å². The molecule has 2 aromatic rings. The van der Waals surface area contributed by atoms with Crippen LogP contribution in [0.4, 0.5) is 5.13 Å². The second kappa shape index (κ2) is 6.29. The SMILES string of the molecule is CCc1nnc(NS(=O)(=O)Cc2ccc(CO)cc2)s1. The Hall–Kier alpha value is -1.51. The molecule has 0 aliphatic rings. The molecule has 0 spiro atoms. The van der Waals surface area contributed by atoms with Crippen molar-refractivity contribution in [1.29, 1.82) is 0 Å². The molecule has 0 saturated carbocycles. The molecule has 0 aliphatic heterocycles. The van der Waals surface area contributed by atoms with Gasteiger partial charge in [0.2, 0.25) is 15.2 Å². The molecule has 2 rings (SSSR count). The maximum absolute atomic E-state index is 12.0. The van der Waals surface area contributed by atoms with E-state index in [1.807, 2.05) is 6.92 Å². The van der Waals surface area contributed by atoms with Crippen LogP contribution in [0.3, 0.4) is 0 Å². The van der Waals surface area contributed by atoms with Crippen molar-refractivity contribution in [3.8, 4) is 0 Å². The highest BCUT2D eigenvalue weighted by molar-refractivity contribution is 7.92. The van der Waals surface area contributed by atoms with Crippen molar-refractivity contribution in [2.75, 3.05) is 4.72 Å². The molecule has 108 valence electrons. The van der Waals surface area contributed by atoms with Crippen LogP contribution in [0.5, 0.6) is 0 Å². The van der Waals surface area contributed by atoms with Gasteiger partial charge in [-0.2, -0.15) is 0 Å². The van der Waals surface area contributed by atoms with E-state index >= 15 is 0 Å². The number of aliphatic hydroxyl groups is 1. The van der Waals surface area contributed by atoms with Crippen LogP contribution in [-0.2, 0) is 28.8 Å². The maximum atomic E-state index is 12.0. The van der Waals surface area contributed by atoms with Gasteiger partial charge in [0.25, 0.3) is 0 Å². The first-order valence-electron chi connectivity index (χ1n) is 6.04. The molecule has 0 bridgehead atoms. The fourth-order valence-corrected chi connectivity index (χ4v) is 3.66.